The van der Waals surface area contributed by atoms with Crippen LogP contribution < -0.4 is 0 Å². The Bertz CT molecular complexity index is 525. The van der Waals surface area contributed by atoms with Gasteiger partial charge in [-0.2, -0.15) is 0 Å². The molecule has 0 saturated carbocycles. The van der Waals surface area contributed by atoms with Gasteiger partial charge in [-0.15, -0.1) is 0 Å². The van der Waals surface area contributed by atoms with Crippen molar-refractivity contribution in [1.82, 2.24) is 9.97 Å². The molecule has 1 unspecified atom stereocenters. The summed E-state index contributed by atoms with van der Waals surface area (Å²) in [6.07, 6.45) is 0. The van der Waals surface area contributed by atoms with E-state index in [-0.39, 0.29) is 0 Å². The lowest BCUT2D eigenvalue weighted by Crippen LogP contribution is -2.01. The van der Waals surface area contributed by atoms with Crippen LogP contribution in [0.1, 0.15) is 11.5 Å². The summed E-state index contributed by atoms with van der Waals surface area (Å²) in [5.74, 6) is 0.949. The number of nitrogens with zero attached hydrogens (tertiary/aromatic N) is 2. The van der Waals surface area contributed by atoms with E-state index in [1.54, 1.807) is 13.0 Å². The first kappa shape index (κ1) is 12.2. The molecule has 0 aliphatic rings. The minimum Gasteiger partial charge on any atom is -0.254 e. The van der Waals surface area contributed by atoms with Gasteiger partial charge in [0.15, 0.2) is 0 Å². The molecule has 5 heteroatoms. The molecule has 0 N–H and O–H groups in total. The summed E-state index contributed by atoms with van der Waals surface area (Å²) in [5.41, 5.74) is 0.699. The Balaban J connectivity index is 2.19. The zero-order valence-corrected chi connectivity index (χ0v) is 10.8. The average molecular weight is 267 g/mol. The second-order valence-corrected chi connectivity index (χ2v) is 5.37. The van der Waals surface area contributed by atoms with Crippen molar-refractivity contribution in [2.24, 2.45) is 0 Å². The second kappa shape index (κ2) is 5.38. The maximum Gasteiger partial charge on any atom is 0.133 e. The third-order valence-corrected chi connectivity index (χ3v) is 3.69. The van der Waals surface area contributed by atoms with Gasteiger partial charge in [-0.25, -0.2) is 9.97 Å². The fourth-order valence-corrected chi connectivity index (χ4v) is 2.75. The van der Waals surface area contributed by atoms with Gasteiger partial charge >= 0.3 is 0 Å². The van der Waals surface area contributed by atoms with Gasteiger partial charge in [-0.1, -0.05) is 29.8 Å². The van der Waals surface area contributed by atoms with Gasteiger partial charge in [-0.05, 0) is 25.1 Å². The largest absolute Gasteiger partial charge is 0.254 e. The van der Waals surface area contributed by atoms with Crippen LogP contribution in [0, 0.1) is 6.92 Å². The van der Waals surface area contributed by atoms with E-state index < -0.39 is 10.8 Å². The molecule has 0 aliphatic carbocycles. The molecule has 1 aromatic carbocycles. The lowest BCUT2D eigenvalue weighted by Gasteiger charge is -2.03. The van der Waals surface area contributed by atoms with E-state index in [4.69, 9.17) is 11.6 Å². The van der Waals surface area contributed by atoms with Crippen LogP contribution in [0.25, 0.3) is 0 Å². The van der Waals surface area contributed by atoms with Crippen LogP contribution in [-0.4, -0.2) is 14.2 Å². The van der Waals surface area contributed by atoms with E-state index in [1.165, 1.54) is 0 Å². The fraction of sp³-hybridized carbons (Fsp3) is 0.167. The Labute approximate surface area is 107 Å². The molecular weight excluding hydrogens is 256 g/mol. The number of aromatic nitrogens is 2. The molecule has 3 nitrogen and oxygen atoms in total. The molecule has 0 aliphatic heterocycles. The molecule has 0 saturated heterocycles. The number of aryl methyl sites for hydroxylation is 1. The van der Waals surface area contributed by atoms with E-state index in [9.17, 15) is 4.21 Å². The molecular formula is C12H11ClN2OS. The summed E-state index contributed by atoms with van der Waals surface area (Å²) in [7, 11) is -1.10. The highest BCUT2D eigenvalue weighted by Crippen LogP contribution is 2.13. The van der Waals surface area contributed by atoms with Gasteiger partial charge < -0.3 is 0 Å². The third-order valence-electron chi connectivity index (χ3n) is 2.14. The van der Waals surface area contributed by atoms with Gasteiger partial charge in [0.2, 0.25) is 0 Å². The van der Waals surface area contributed by atoms with E-state index in [2.05, 4.69) is 9.97 Å². The Hall–Kier alpha value is -1.26. The van der Waals surface area contributed by atoms with Crippen LogP contribution in [0.4, 0.5) is 0 Å². The van der Waals surface area contributed by atoms with Crippen molar-refractivity contribution in [2.45, 2.75) is 17.6 Å². The summed E-state index contributed by atoms with van der Waals surface area (Å²) >= 11 is 5.83. The molecule has 1 aromatic heterocycles. The maximum absolute atomic E-state index is 12.0. The first-order chi connectivity index (χ1) is 8.15. The third kappa shape index (κ3) is 3.35. The molecule has 1 heterocycles. The molecule has 2 aromatic rings. The van der Waals surface area contributed by atoms with Crippen molar-refractivity contribution < 1.29 is 4.21 Å². The van der Waals surface area contributed by atoms with Gasteiger partial charge in [-0.3, -0.25) is 4.21 Å². The first-order valence-corrected chi connectivity index (χ1v) is 6.78. The highest BCUT2D eigenvalue weighted by molar-refractivity contribution is 7.84. The van der Waals surface area contributed by atoms with Crippen molar-refractivity contribution in [3.63, 3.8) is 0 Å². The summed E-state index contributed by atoms with van der Waals surface area (Å²) in [6, 6.07) is 11.0. The molecule has 2 rings (SSSR count). The van der Waals surface area contributed by atoms with Crippen molar-refractivity contribution in [3.05, 3.63) is 53.1 Å². The normalized spacial score (nSPS) is 12.4. The van der Waals surface area contributed by atoms with Crippen molar-refractivity contribution in [3.8, 4) is 0 Å². The molecule has 0 spiro atoms. The zero-order valence-electron chi connectivity index (χ0n) is 9.26. The predicted molar refractivity (Wildman–Crippen MR) is 68.3 cm³/mol. The first-order valence-electron chi connectivity index (χ1n) is 5.08. The van der Waals surface area contributed by atoms with E-state index in [1.807, 2.05) is 30.3 Å². The van der Waals surface area contributed by atoms with Gasteiger partial charge in [0.05, 0.1) is 22.2 Å². The van der Waals surface area contributed by atoms with Crippen molar-refractivity contribution >= 4 is 22.4 Å². The van der Waals surface area contributed by atoms with Crippen molar-refractivity contribution in [2.75, 3.05) is 0 Å². The standard InChI is InChI=1S/C12H11ClN2OS/c1-9-14-10(7-12(13)15-9)8-17(16)11-5-3-2-4-6-11/h2-7H,8H2,1H3. The quantitative estimate of drug-likeness (QED) is 0.803. The second-order valence-electron chi connectivity index (χ2n) is 3.53. The maximum atomic E-state index is 12.0. The fourth-order valence-electron chi connectivity index (χ4n) is 1.45. The van der Waals surface area contributed by atoms with Crippen LogP contribution in [0.2, 0.25) is 5.15 Å². The Morgan fingerprint density at radius 2 is 1.94 bits per heavy atom. The minimum absolute atomic E-state index is 0.354. The lowest BCUT2D eigenvalue weighted by atomic mass is 10.4. The topological polar surface area (TPSA) is 42.9 Å². The molecule has 88 valence electrons. The molecule has 0 fully saturated rings. The molecule has 0 amide bonds. The highest BCUT2D eigenvalue weighted by Gasteiger charge is 2.07. The number of hydrogen-bond acceptors (Lipinski definition) is 3. The van der Waals surface area contributed by atoms with E-state index in [0.29, 0.717) is 22.4 Å². The van der Waals surface area contributed by atoms with Crippen LogP contribution in [0.5, 0.6) is 0 Å². The number of rotatable bonds is 3. The predicted octanol–water partition coefficient (Wildman–Crippen LogP) is 2.75. The SMILES string of the molecule is Cc1nc(Cl)cc(CS(=O)c2ccccc2)n1. The smallest absolute Gasteiger partial charge is 0.133 e. The highest BCUT2D eigenvalue weighted by atomic mass is 35.5. The van der Waals surface area contributed by atoms with Crippen LogP contribution >= 0.6 is 11.6 Å². The Kier molecular flexibility index (Phi) is 3.86. The van der Waals surface area contributed by atoms with Gasteiger partial charge in [0.25, 0.3) is 0 Å². The van der Waals surface area contributed by atoms with Crippen LogP contribution in [-0.2, 0) is 16.6 Å². The summed E-state index contributed by atoms with van der Waals surface area (Å²) in [5, 5.41) is 0.387. The van der Waals surface area contributed by atoms with Crippen LogP contribution in [0.15, 0.2) is 41.3 Å². The monoisotopic (exact) mass is 266 g/mol. The molecule has 0 radical (unpaired) electrons. The number of halogens is 1. The number of hydrogen-bond donors (Lipinski definition) is 0. The lowest BCUT2D eigenvalue weighted by molar-refractivity contribution is 0.682. The zero-order chi connectivity index (χ0) is 12.3. The van der Waals surface area contributed by atoms with Crippen molar-refractivity contribution in [1.29, 1.82) is 0 Å². The van der Waals surface area contributed by atoms with E-state index in [0.717, 1.165) is 4.90 Å². The molecule has 17 heavy (non-hydrogen) atoms. The minimum atomic E-state index is -1.10. The molecule has 1 atom stereocenters. The summed E-state index contributed by atoms with van der Waals surface area (Å²) in [6.45, 7) is 1.76. The molecule has 0 bridgehead atoms. The average Bonchev–Trinajstić information content (AvgIpc) is 2.28. The number of benzene rings is 1. The van der Waals surface area contributed by atoms with E-state index >= 15 is 0 Å². The Morgan fingerprint density at radius 1 is 1.24 bits per heavy atom. The summed E-state index contributed by atoms with van der Waals surface area (Å²) in [4.78, 5) is 8.97. The summed E-state index contributed by atoms with van der Waals surface area (Å²) < 4.78 is 12.0. The van der Waals surface area contributed by atoms with Gasteiger partial charge in [0, 0.05) is 4.90 Å². The van der Waals surface area contributed by atoms with Gasteiger partial charge in [0.1, 0.15) is 11.0 Å². The Morgan fingerprint density at radius 3 is 2.59 bits per heavy atom. The van der Waals surface area contributed by atoms with Crippen LogP contribution in [0.3, 0.4) is 0 Å².